The van der Waals surface area contributed by atoms with E-state index < -0.39 is 9.84 Å². The topological polar surface area (TPSA) is 63.4 Å². The Balaban J connectivity index is 1.93. The molecule has 0 unspecified atom stereocenters. The quantitative estimate of drug-likeness (QED) is 0.868. The molecule has 0 saturated carbocycles. The van der Waals surface area contributed by atoms with Crippen LogP contribution in [0, 0.1) is 6.92 Å². The normalized spacial score (nSPS) is 19.9. The molecule has 0 amide bonds. The number of aryl methyl sites for hydroxylation is 1. The summed E-state index contributed by atoms with van der Waals surface area (Å²) in [5.41, 5.74) is 2.70. The van der Waals surface area contributed by atoms with Gasteiger partial charge in [-0.3, -0.25) is 0 Å². The van der Waals surface area contributed by atoms with Gasteiger partial charge < -0.3 is 9.32 Å². The monoisotopic (exact) mass is 294 g/mol. The van der Waals surface area contributed by atoms with E-state index in [4.69, 9.17) is 4.42 Å². The van der Waals surface area contributed by atoms with Crippen molar-refractivity contribution in [3.8, 4) is 0 Å². The first kappa shape index (κ1) is 13.4. The summed E-state index contributed by atoms with van der Waals surface area (Å²) in [5.74, 6) is 0.157. The summed E-state index contributed by atoms with van der Waals surface area (Å²) in [7, 11) is -3.00. The van der Waals surface area contributed by atoms with Gasteiger partial charge in [-0.2, -0.15) is 4.98 Å². The van der Waals surface area contributed by atoms with E-state index in [2.05, 4.69) is 4.98 Å². The van der Waals surface area contributed by atoms with E-state index in [-0.39, 0.29) is 11.8 Å². The zero-order valence-electron chi connectivity index (χ0n) is 11.7. The molecule has 0 radical (unpaired) electrons. The molecular weight excluding hydrogens is 276 g/mol. The first-order valence-electron chi connectivity index (χ1n) is 6.74. The van der Waals surface area contributed by atoms with Crippen molar-refractivity contribution in [3.05, 3.63) is 23.8 Å². The zero-order chi connectivity index (χ0) is 14.3. The Morgan fingerprint density at radius 3 is 3.00 bits per heavy atom. The highest BCUT2D eigenvalue weighted by atomic mass is 32.2. The first-order valence-corrected chi connectivity index (χ1v) is 8.80. The summed E-state index contributed by atoms with van der Waals surface area (Å²) in [6.07, 6.45) is 3.11. The fourth-order valence-corrected chi connectivity index (χ4v) is 3.80. The third kappa shape index (κ3) is 2.65. The minimum atomic E-state index is -3.00. The van der Waals surface area contributed by atoms with Gasteiger partial charge in [0.15, 0.2) is 5.58 Å². The number of fused-ring (bicyclic) bond motifs is 1. The maximum atomic E-state index is 11.5. The molecule has 20 heavy (non-hydrogen) atoms. The average Bonchev–Trinajstić information content (AvgIpc) is 2.92. The molecule has 1 aliphatic heterocycles. The number of hydrogen-bond acceptors (Lipinski definition) is 5. The van der Waals surface area contributed by atoms with Crippen molar-refractivity contribution in [2.45, 2.75) is 25.8 Å². The fourth-order valence-electron chi connectivity index (χ4n) is 2.76. The smallest absolute Gasteiger partial charge is 0.298 e. The molecule has 1 atom stereocenters. The van der Waals surface area contributed by atoms with Gasteiger partial charge in [-0.1, -0.05) is 6.07 Å². The minimum absolute atomic E-state index is 0.0286. The maximum absolute atomic E-state index is 11.5. The number of nitrogens with zero attached hydrogens (tertiary/aromatic N) is 2. The summed E-state index contributed by atoms with van der Waals surface area (Å²) < 4.78 is 28.8. The van der Waals surface area contributed by atoms with Crippen molar-refractivity contribution >= 4 is 27.0 Å². The van der Waals surface area contributed by atoms with Crippen LogP contribution < -0.4 is 4.90 Å². The standard InChI is InChI=1S/C14H18N2O3S/c1-10-5-6-13-12(8-10)15-14(19-13)16-7-3-4-11(16)9-20(2,17)18/h5-6,8,11H,3-4,7,9H2,1-2H3/t11-/m1/s1. The fraction of sp³-hybridized carbons (Fsp3) is 0.500. The summed E-state index contributed by atoms with van der Waals surface area (Å²) in [4.78, 5) is 6.48. The average molecular weight is 294 g/mol. The predicted octanol–water partition coefficient (Wildman–Crippen LogP) is 2.15. The summed E-state index contributed by atoms with van der Waals surface area (Å²) in [6, 6.07) is 6.37. The second kappa shape index (κ2) is 4.77. The SMILES string of the molecule is Cc1ccc2oc(N3CCC[C@@H]3CS(C)(=O)=O)nc2c1. The number of aromatic nitrogens is 1. The van der Waals surface area contributed by atoms with Crippen molar-refractivity contribution in [2.75, 3.05) is 23.5 Å². The Morgan fingerprint density at radius 2 is 2.25 bits per heavy atom. The van der Waals surface area contributed by atoms with Crippen LogP contribution >= 0.6 is 0 Å². The third-order valence-electron chi connectivity index (χ3n) is 3.65. The van der Waals surface area contributed by atoms with Crippen LogP contribution in [-0.4, -0.2) is 38.0 Å². The molecule has 1 aromatic carbocycles. The molecule has 5 nitrogen and oxygen atoms in total. The molecule has 1 fully saturated rings. The third-order valence-corrected chi connectivity index (χ3v) is 4.64. The van der Waals surface area contributed by atoms with E-state index >= 15 is 0 Å². The van der Waals surface area contributed by atoms with Gasteiger partial charge in [0.25, 0.3) is 6.01 Å². The Hall–Kier alpha value is -1.56. The zero-order valence-corrected chi connectivity index (χ0v) is 12.5. The molecule has 1 saturated heterocycles. The molecule has 3 rings (SSSR count). The number of anilines is 1. The molecule has 0 spiro atoms. The van der Waals surface area contributed by atoms with Crippen LogP contribution in [0.15, 0.2) is 22.6 Å². The largest absolute Gasteiger partial charge is 0.423 e. The molecule has 1 aromatic heterocycles. The van der Waals surface area contributed by atoms with Gasteiger partial charge in [-0.05, 0) is 37.5 Å². The number of benzene rings is 1. The summed E-state index contributed by atoms with van der Waals surface area (Å²) >= 11 is 0. The first-order chi connectivity index (χ1) is 9.42. The van der Waals surface area contributed by atoms with E-state index in [1.54, 1.807) is 0 Å². The lowest BCUT2D eigenvalue weighted by Crippen LogP contribution is -2.35. The van der Waals surface area contributed by atoms with E-state index in [1.807, 2.05) is 30.0 Å². The van der Waals surface area contributed by atoms with Crippen molar-refractivity contribution in [1.82, 2.24) is 4.98 Å². The van der Waals surface area contributed by atoms with Crippen molar-refractivity contribution in [2.24, 2.45) is 0 Å². The Labute approximate surface area is 118 Å². The summed E-state index contributed by atoms with van der Waals surface area (Å²) in [5, 5.41) is 0. The number of oxazole rings is 1. The van der Waals surface area contributed by atoms with Crippen LogP contribution in [0.3, 0.4) is 0 Å². The van der Waals surface area contributed by atoms with Crippen LogP contribution in [0.5, 0.6) is 0 Å². The van der Waals surface area contributed by atoms with Gasteiger partial charge in [-0.25, -0.2) is 8.42 Å². The van der Waals surface area contributed by atoms with Crippen LogP contribution in [-0.2, 0) is 9.84 Å². The maximum Gasteiger partial charge on any atom is 0.298 e. The molecule has 2 heterocycles. The number of sulfone groups is 1. The Kier molecular flexibility index (Phi) is 3.20. The molecule has 6 heteroatoms. The van der Waals surface area contributed by atoms with Gasteiger partial charge in [-0.15, -0.1) is 0 Å². The van der Waals surface area contributed by atoms with Crippen molar-refractivity contribution < 1.29 is 12.8 Å². The number of rotatable bonds is 3. The summed E-state index contributed by atoms with van der Waals surface area (Å²) in [6.45, 7) is 2.81. The van der Waals surface area contributed by atoms with Crippen LogP contribution in [0.2, 0.25) is 0 Å². The number of hydrogen-bond donors (Lipinski definition) is 0. The molecule has 0 bridgehead atoms. The molecule has 108 valence electrons. The predicted molar refractivity (Wildman–Crippen MR) is 78.8 cm³/mol. The van der Waals surface area contributed by atoms with Gasteiger partial charge in [0.1, 0.15) is 15.4 Å². The molecule has 2 aromatic rings. The lowest BCUT2D eigenvalue weighted by molar-refractivity contribution is 0.554. The van der Waals surface area contributed by atoms with E-state index in [0.29, 0.717) is 6.01 Å². The van der Waals surface area contributed by atoms with E-state index in [1.165, 1.54) is 6.26 Å². The van der Waals surface area contributed by atoms with E-state index in [9.17, 15) is 8.42 Å². The highest BCUT2D eigenvalue weighted by molar-refractivity contribution is 7.90. The van der Waals surface area contributed by atoms with Gasteiger partial charge >= 0.3 is 0 Å². The molecule has 0 N–H and O–H groups in total. The van der Waals surface area contributed by atoms with Crippen LogP contribution in [0.4, 0.5) is 6.01 Å². The molecular formula is C14H18N2O3S. The minimum Gasteiger partial charge on any atom is -0.423 e. The van der Waals surface area contributed by atoms with Crippen LogP contribution in [0.1, 0.15) is 18.4 Å². The highest BCUT2D eigenvalue weighted by Gasteiger charge is 2.30. The Bertz CT molecular complexity index is 736. The second-order valence-corrected chi connectivity index (χ2v) is 7.73. The van der Waals surface area contributed by atoms with Gasteiger partial charge in [0, 0.05) is 18.8 Å². The van der Waals surface area contributed by atoms with Crippen molar-refractivity contribution in [1.29, 1.82) is 0 Å². The Morgan fingerprint density at radius 1 is 1.45 bits per heavy atom. The lowest BCUT2D eigenvalue weighted by atomic mass is 10.2. The van der Waals surface area contributed by atoms with Gasteiger partial charge in [0.05, 0.1) is 5.75 Å². The lowest BCUT2D eigenvalue weighted by Gasteiger charge is -2.21. The molecule has 0 aliphatic carbocycles. The van der Waals surface area contributed by atoms with Crippen LogP contribution in [0.25, 0.3) is 11.1 Å². The van der Waals surface area contributed by atoms with E-state index in [0.717, 1.165) is 36.0 Å². The van der Waals surface area contributed by atoms with Crippen molar-refractivity contribution in [3.63, 3.8) is 0 Å². The highest BCUT2D eigenvalue weighted by Crippen LogP contribution is 2.29. The molecule has 1 aliphatic rings. The second-order valence-electron chi connectivity index (χ2n) is 5.55. The van der Waals surface area contributed by atoms with Gasteiger partial charge in [0.2, 0.25) is 0 Å².